The van der Waals surface area contributed by atoms with E-state index in [0.29, 0.717) is 0 Å². The van der Waals surface area contributed by atoms with Gasteiger partial charge in [-0.15, -0.1) is 0 Å². The molecule has 1 saturated heterocycles. The van der Waals surface area contributed by atoms with Crippen LogP contribution in [0.1, 0.15) is 6.92 Å². The van der Waals surface area contributed by atoms with Crippen LogP contribution in [-0.4, -0.2) is 25.4 Å². The van der Waals surface area contributed by atoms with Gasteiger partial charge in [-0.1, -0.05) is 0 Å². The van der Waals surface area contributed by atoms with Crippen LogP contribution in [-0.2, 0) is 9.53 Å². The van der Waals surface area contributed by atoms with E-state index in [-0.39, 0.29) is 13.2 Å². The molecule has 0 atom stereocenters. The van der Waals surface area contributed by atoms with Gasteiger partial charge in [0.25, 0.3) is 6.43 Å². The Morgan fingerprint density at radius 3 is 2.20 bits per heavy atom. The van der Waals surface area contributed by atoms with Gasteiger partial charge in [-0.05, 0) is 6.92 Å². The van der Waals surface area contributed by atoms with E-state index < -0.39 is 17.6 Å². The molecule has 1 fully saturated rings. The Balaban J connectivity index is 2.55. The van der Waals surface area contributed by atoms with Crippen LogP contribution in [0.15, 0.2) is 0 Å². The first-order chi connectivity index (χ1) is 4.56. The van der Waals surface area contributed by atoms with Crippen molar-refractivity contribution in [3.63, 3.8) is 0 Å². The second-order valence-electron chi connectivity index (χ2n) is 2.72. The van der Waals surface area contributed by atoms with Crippen molar-refractivity contribution in [2.24, 2.45) is 5.41 Å². The van der Waals surface area contributed by atoms with Crippen LogP contribution in [0.2, 0.25) is 0 Å². The van der Waals surface area contributed by atoms with Gasteiger partial charge < -0.3 is 4.74 Å². The van der Waals surface area contributed by atoms with Crippen LogP contribution in [0.3, 0.4) is 0 Å². The molecular weight excluding hydrogens is 142 g/mol. The average Bonchev–Trinajstić information content (AvgIpc) is 1.81. The second kappa shape index (κ2) is 2.27. The topological polar surface area (TPSA) is 26.3 Å². The molecule has 4 heteroatoms. The number of alkyl halides is 2. The van der Waals surface area contributed by atoms with E-state index in [2.05, 4.69) is 4.74 Å². The predicted molar refractivity (Wildman–Crippen MR) is 29.9 cm³/mol. The number of Topliss-reactive ketones (excluding diaryl/α,β-unsaturated/α-hetero) is 1. The molecule has 1 heterocycles. The lowest BCUT2D eigenvalue weighted by atomic mass is 9.84. The summed E-state index contributed by atoms with van der Waals surface area (Å²) in [5, 5.41) is 0. The number of halogens is 2. The lowest BCUT2D eigenvalue weighted by molar-refractivity contribution is -0.166. The monoisotopic (exact) mass is 150 g/mol. The van der Waals surface area contributed by atoms with E-state index in [4.69, 9.17) is 0 Å². The predicted octanol–water partition coefficient (Wildman–Crippen LogP) is 0.857. The van der Waals surface area contributed by atoms with Crippen LogP contribution in [0.4, 0.5) is 8.78 Å². The molecule has 1 aliphatic rings. The molecule has 0 aliphatic carbocycles. The fourth-order valence-corrected chi connectivity index (χ4v) is 0.814. The third-order valence-corrected chi connectivity index (χ3v) is 1.63. The second-order valence-corrected chi connectivity index (χ2v) is 2.72. The zero-order valence-corrected chi connectivity index (χ0v) is 5.56. The van der Waals surface area contributed by atoms with E-state index >= 15 is 0 Å². The molecule has 0 spiro atoms. The molecule has 1 aliphatic heterocycles. The highest BCUT2D eigenvalue weighted by Gasteiger charge is 2.44. The van der Waals surface area contributed by atoms with Crippen LogP contribution in [0.5, 0.6) is 0 Å². The number of hydrogen-bond acceptors (Lipinski definition) is 2. The third kappa shape index (κ3) is 1.03. The molecule has 0 aromatic rings. The van der Waals surface area contributed by atoms with Gasteiger partial charge >= 0.3 is 0 Å². The van der Waals surface area contributed by atoms with Crippen LogP contribution >= 0.6 is 0 Å². The standard InChI is InChI=1S/C6H8F2O2/c1-6(2-10-3-6)4(9)5(7)8/h5H,2-3H2,1H3. The summed E-state index contributed by atoms with van der Waals surface area (Å²) >= 11 is 0. The summed E-state index contributed by atoms with van der Waals surface area (Å²) in [6.07, 6.45) is -2.85. The first-order valence-corrected chi connectivity index (χ1v) is 2.96. The van der Waals surface area contributed by atoms with Crippen molar-refractivity contribution in [3.05, 3.63) is 0 Å². The largest absolute Gasteiger partial charge is 0.379 e. The summed E-state index contributed by atoms with van der Waals surface area (Å²) in [4.78, 5) is 10.6. The fraction of sp³-hybridized carbons (Fsp3) is 0.833. The van der Waals surface area contributed by atoms with Crippen molar-refractivity contribution < 1.29 is 18.3 Å². The van der Waals surface area contributed by atoms with E-state index in [9.17, 15) is 13.6 Å². The van der Waals surface area contributed by atoms with Gasteiger partial charge in [0.1, 0.15) is 0 Å². The van der Waals surface area contributed by atoms with Crippen LogP contribution in [0, 0.1) is 5.41 Å². The van der Waals surface area contributed by atoms with Crippen molar-refractivity contribution >= 4 is 5.78 Å². The van der Waals surface area contributed by atoms with Crippen LogP contribution in [0.25, 0.3) is 0 Å². The Bertz CT molecular complexity index is 152. The minimum atomic E-state index is -2.85. The van der Waals surface area contributed by atoms with Gasteiger partial charge in [0.05, 0.1) is 18.6 Å². The Morgan fingerprint density at radius 2 is 2.10 bits per heavy atom. The minimum absolute atomic E-state index is 0.135. The highest BCUT2D eigenvalue weighted by atomic mass is 19.3. The first-order valence-electron chi connectivity index (χ1n) is 2.96. The number of ether oxygens (including phenoxy) is 1. The normalized spacial score (nSPS) is 22.4. The smallest absolute Gasteiger partial charge is 0.296 e. The average molecular weight is 150 g/mol. The van der Waals surface area contributed by atoms with E-state index in [1.807, 2.05) is 0 Å². The molecule has 10 heavy (non-hydrogen) atoms. The fourth-order valence-electron chi connectivity index (χ4n) is 0.814. The molecule has 0 N–H and O–H groups in total. The van der Waals surface area contributed by atoms with Crippen molar-refractivity contribution in [2.75, 3.05) is 13.2 Å². The Hall–Kier alpha value is -0.510. The summed E-state index contributed by atoms with van der Waals surface area (Å²) in [6, 6.07) is 0. The van der Waals surface area contributed by atoms with Crippen molar-refractivity contribution in [2.45, 2.75) is 13.3 Å². The number of ketones is 1. The number of carbonyl (C=O) groups is 1. The lowest BCUT2D eigenvalue weighted by Crippen LogP contribution is -2.48. The van der Waals surface area contributed by atoms with Gasteiger partial charge in [-0.3, -0.25) is 4.79 Å². The van der Waals surface area contributed by atoms with Gasteiger partial charge in [0.2, 0.25) is 5.78 Å². The number of rotatable bonds is 2. The summed E-state index contributed by atoms with van der Waals surface area (Å²) in [5.41, 5.74) is -0.909. The van der Waals surface area contributed by atoms with Gasteiger partial charge in [-0.25, -0.2) is 8.78 Å². The molecule has 0 saturated carbocycles. The highest BCUT2D eigenvalue weighted by molar-refractivity contribution is 5.88. The molecule has 1 rings (SSSR count). The van der Waals surface area contributed by atoms with Crippen molar-refractivity contribution in [1.82, 2.24) is 0 Å². The Labute approximate surface area is 57.2 Å². The minimum Gasteiger partial charge on any atom is -0.379 e. The summed E-state index contributed by atoms with van der Waals surface area (Å²) < 4.78 is 28.1. The molecule has 0 unspecified atom stereocenters. The molecule has 0 bridgehead atoms. The van der Waals surface area contributed by atoms with Gasteiger partial charge in [0, 0.05) is 0 Å². The summed E-state index contributed by atoms with van der Waals surface area (Å²) in [6.45, 7) is 1.76. The Morgan fingerprint density at radius 1 is 1.60 bits per heavy atom. The maximum atomic E-state index is 11.7. The number of carbonyl (C=O) groups excluding carboxylic acids is 1. The SMILES string of the molecule is CC1(C(=O)C(F)F)COC1. The molecule has 0 aromatic heterocycles. The maximum absolute atomic E-state index is 11.7. The molecule has 58 valence electrons. The Kier molecular flexibility index (Phi) is 1.72. The maximum Gasteiger partial charge on any atom is 0.296 e. The van der Waals surface area contributed by atoms with Crippen LogP contribution < -0.4 is 0 Å². The molecule has 0 radical (unpaired) electrons. The number of hydrogen-bond donors (Lipinski definition) is 0. The quantitative estimate of drug-likeness (QED) is 0.583. The van der Waals surface area contributed by atoms with E-state index in [1.165, 1.54) is 6.92 Å². The van der Waals surface area contributed by atoms with Gasteiger partial charge in [0.15, 0.2) is 0 Å². The zero-order valence-electron chi connectivity index (χ0n) is 5.56. The highest BCUT2D eigenvalue weighted by Crippen LogP contribution is 2.29. The molecule has 2 nitrogen and oxygen atoms in total. The summed E-state index contributed by atoms with van der Waals surface area (Å²) in [5.74, 6) is -1.00. The first kappa shape index (κ1) is 7.60. The van der Waals surface area contributed by atoms with Crippen molar-refractivity contribution in [3.8, 4) is 0 Å². The van der Waals surface area contributed by atoms with Gasteiger partial charge in [-0.2, -0.15) is 0 Å². The molecule has 0 amide bonds. The van der Waals surface area contributed by atoms with E-state index in [0.717, 1.165) is 0 Å². The molecule has 0 aromatic carbocycles. The molecular formula is C6H8F2O2. The third-order valence-electron chi connectivity index (χ3n) is 1.63. The lowest BCUT2D eigenvalue weighted by Gasteiger charge is -2.35. The van der Waals surface area contributed by atoms with Crippen molar-refractivity contribution in [1.29, 1.82) is 0 Å². The van der Waals surface area contributed by atoms with E-state index in [1.54, 1.807) is 0 Å². The zero-order chi connectivity index (χ0) is 7.78. The summed E-state index contributed by atoms with van der Waals surface area (Å²) in [7, 11) is 0.